The van der Waals surface area contributed by atoms with Gasteiger partial charge < -0.3 is 10.2 Å². The average Bonchev–Trinajstić information content (AvgIpc) is 1.59. The van der Waals surface area contributed by atoms with Crippen molar-refractivity contribution in [1.29, 1.82) is 0 Å². The molecule has 0 amide bonds. The standard InChI is InChI=1S/C3H6O3.ClHO4/c1-2(4)3(5)6;2-1(3,4)5/h2,4H,1H3,(H,5,6);(H,2,3,4,5). The first kappa shape index (κ1) is 13.2. The van der Waals surface area contributed by atoms with Gasteiger partial charge in [-0.05, 0) is 6.92 Å². The minimum absolute atomic E-state index is 1.19. The van der Waals surface area contributed by atoms with Gasteiger partial charge in [-0.1, -0.05) is 0 Å². The second-order valence-electron chi connectivity index (χ2n) is 1.41. The topological polar surface area (TPSA) is 147 Å². The Kier molecular flexibility index (Phi) is 6.28. The van der Waals surface area contributed by atoms with E-state index in [-0.39, 0.29) is 0 Å². The van der Waals surface area contributed by atoms with E-state index in [1.54, 1.807) is 0 Å². The summed E-state index contributed by atoms with van der Waals surface area (Å²) < 4.78 is 32.7. The van der Waals surface area contributed by atoms with Crippen LogP contribution in [-0.2, 0) is 4.79 Å². The molecule has 0 aromatic carbocycles. The van der Waals surface area contributed by atoms with Gasteiger partial charge >= 0.3 is 5.97 Å². The summed E-state index contributed by atoms with van der Waals surface area (Å²) in [6.07, 6.45) is -1.23. The molecule has 0 heterocycles. The first-order valence-electron chi connectivity index (χ1n) is 2.18. The van der Waals surface area contributed by atoms with Gasteiger partial charge in [-0.25, -0.2) is 4.79 Å². The molecule has 0 aliphatic heterocycles. The number of carboxylic acid groups (broad SMARTS) is 1. The number of carboxylic acids is 1. The third-order valence-corrected chi connectivity index (χ3v) is 0.357. The van der Waals surface area contributed by atoms with Gasteiger partial charge in [-0.3, -0.25) is 0 Å². The van der Waals surface area contributed by atoms with E-state index in [2.05, 4.69) is 0 Å². The molecule has 1 unspecified atom stereocenters. The highest BCUT2D eigenvalue weighted by Gasteiger charge is 2.01. The molecule has 0 spiro atoms. The Morgan fingerprint density at radius 1 is 1.45 bits per heavy atom. The number of aliphatic carboxylic acids is 1. The van der Waals surface area contributed by atoms with E-state index in [0.717, 1.165) is 0 Å². The molecule has 0 aliphatic carbocycles. The maximum Gasteiger partial charge on any atom is 0.332 e. The minimum Gasteiger partial charge on any atom is -0.479 e. The predicted octanol–water partition coefficient (Wildman–Crippen LogP) is -4.67. The van der Waals surface area contributed by atoms with Crippen LogP contribution in [0.3, 0.4) is 0 Å². The van der Waals surface area contributed by atoms with Crippen molar-refractivity contribution in [1.82, 2.24) is 0 Å². The zero-order valence-corrected chi connectivity index (χ0v) is 6.19. The van der Waals surface area contributed by atoms with Crippen LogP contribution in [0.15, 0.2) is 0 Å². The van der Waals surface area contributed by atoms with Crippen LogP contribution in [0, 0.1) is 10.2 Å². The van der Waals surface area contributed by atoms with Crippen LogP contribution in [0.5, 0.6) is 0 Å². The third-order valence-electron chi connectivity index (χ3n) is 0.357. The van der Waals surface area contributed by atoms with E-state index >= 15 is 0 Å². The van der Waals surface area contributed by atoms with Gasteiger partial charge in [-0.2, -0.15) is 14.0 Å². The molecule has 0 saturated heterocycles. The quantitative estimate of drug-likeness (QED) is 0.376. The summed E-state index contributed by atoms with van der Waals surface area (Å²) in [5.74, 6) is -1.19. The van der Waals surface area contributed by atoms with Crippen LogP contribution >= 0.6 is 0 Å². The lowest BCUT2D eigenvalue weighted by Crippen LogP contribution is -2.58. The molecule has 0 aliphatic rings. The Balaban J connectivity index is 0. The average molecular weight is 191 g/mol. The Morgan fingerprint density at radius 2 is 1.55 bits per heavy atom. The summed E-state index contributed by atoms with van der Waals surface area (Å²) in [5.41, 5.74) is 0. The summed E-state index contributed by atoms with van der Waals surface area (Å²) in [6, 6.07) is 0. The highest BCUT2D eigenvalue weighted by molar-refractivity contribution is 5.71. The number of carbonyl (C=O) groups is 1. The third kappa shape index (κ3) is 43.1. The molecule has 8 heteroatoms. The summed E-state index contributed by atoms with van der Waals surface area (Å²) >= 11 is 0. The fraction of sp³-hybridized carbons (Fsp3) is 0.667. The van der Waals surface area contributed by atoms with Crippen molar-refractivity contribution in [2.45, 2.75) is 13.0 Å². The fourth-order valence-corrected chi connectivity index (χ4v) is 0. The predicted molar refractivity (Wildman–Crippen MR) is 21.5 cm³/mol. The number of halogens is 1. The van der Waals surface area contributed by atoms with Gasteiger partial charge in [0.25, 0.3) is 0 Å². The van der Waals surface area contributed by atoms with Gasteiger partial charge in [0.1, 0.15) is 6.10 Å². The van der Waals surface area contributed by atoms with Gasteiger partial charge in [0.05, 0.1) is 14.9 Å². The van der Waals surface area contributed by atoms with E-state index in [1.807, 2.05) is 0 Å². The van der Waals surface area contributed by atoms with Gasteiger partial charge in [0.2, 0.25) is 0 Å². The number of rotatable bonds is 1. The van der Waals surface area contributed by atoms with Crippen molar-refractivity contribution >= 4 is 5.97 Å². The van der Waals surface area contributed by atoms with E-state index in [1.165, 1.54) is 6.92 Å². The Labute approximate surface area is 63.9 Å². The maximum absolute atomic E-state index is 9.45. The molecule has 0 radical (unpaired) electrons. The van der Waals surface area contributed by atoms with Crippen molar-refractivity contribution in [2.24, 2.45) is 0 Å². The molecular weight excluding hydrogens is 183 g/mol. The first-order chi connectivity index (χ1) is 4.64. The van der Waals surface area contributed by atoms with Crippen molar-refractivity contribution in [3.8, 4) is 0 Å². The molecule has 1 atom stereocenters. The normalized spacial score (nSPS) is 12.9. The summed E-state index contributed by atoms with van der Waals surface area (Å²) in [5, 5.41) is 15.8. The van der Waals surface area contributed by atoms with Crippen LogP contribution in [0.25, 0.3) is 0 Å². The Morgan fingerprint density at radius 3 is 1.55 bits per heavy atom. The number of hydrogen-bond donors (Lipinski definition) is 3. The molecule has 0 saturated carbocycles. The van der Waals surface area contributed by atoms with Crippen LogP contribution in [0.2, 0.25) is 0 Å². The molecular formula is C3H7ClO7. The SMILES string of the molecule is CC(O)C(=O)O.[O-][Cl+3]([O-])([O-])O. The zero-order chi connectivity index (χ0) is 9.65. The second-order valence-corrected chi connectivity index (χ2v) is 2.20. The number of aliphatic hydroxyl groups excluding tert-OH is 1. The van der Waals surface area contributed by atoms with Crippen molar-refractivity contribution < 1.29 is 43.9 Å². The molecule has 7 nitrogen and oxygen atoms in total. The number of aliphatic hydroxyl groups is 1. The van der Waals surface area contributed by atoms with E-state index in [4.69, 9.17) is 28.8 Å². The molecule has 0 rings (SSSR count). The van der Waals surface area contributed by atoms with E-state index in [9.17, 15) is 4.79 Å². The van der Waals surface area contributed by atoms with Crippen molar-refractivity contribution in [3.05, 3.63) is 0 Å². The number of hydrogen-bond acceptors (Lipinski definition) is 6. The highest BCUT2D eigenvalue weighted by atomic mass is 35.7. The van der Waals surface area contributed by atoms with E-state index < -0.39 is 22.3 Å². The lowest BCUT2D eigenvalue weighted by Gasteiger charge is -2.03. The van der Waals surface area contributed by atoms with Crippen LogP contribution in [0.4, 0.5) is 0 Å². The van der Waals surface area contributed by atoms with Gasteiger partial charge in [-0.15, -0.1) is 0 Å². The highest BCUT2D eigenvalue weighted by Crippen LogP contribution is 1.73. The molecule has 3 N–H and O–H groups in total. The van der Waals surface area contributed by atoms with Crippen LogP contribution in [0.1, 0.15) is 6.92 Å². The lowest BCUT2D eigenvalue weighted by atomic mass is 10.4. The first-order valence-corrected chi connectivity index (χ1v) is 3.45. The van der Waals surface area contributed by atoms with Gasteiger partial charge in [0, 0.05) is 0 Å². The van der Waals surface area contributed by atoms with Crippen molar-refractivity contribution in [3.63, 3.8) is 0 Å². The lowest BCUT2D eigenvalue weighted by molar-refractivity contribution is -1.92. The summed E-state index contributed by atoms with van der Waals surface area (Å²) in [7, 11) is -4.69. The van der Waals surface area contributed by atoms with Crippen LogP contribution in [-0.4, -0.2) is 26.9 Å². The monoisotopic (exact) mass is 190 g/mol. The summed E-state index contributed by atoms with van der Waals surface area (Å²) in [4.78, 5) is 9.45. The second kappa shape index (κ2) is 5.24. The minimum atomic E-state index is -4.69. The molecule has 0 aromatic heterocycles. The molecule has 0 aromatic rings. The summed E-state index contributed by atoms with van der Waals surface area (Å²) in [6.45, 7) is 1.20. The largest absolute Gasteiger partial charge is 0.479 e. The molecule has 68 valence electrons. The van der Waals surface area contributed by atoms with Crippen molar-refractivity contribution in [2.75, 3.05) is 0 Å². The fourth-order valence-electron chi connectivity index (χ4n) is 0. The Hall–Kier alpha value is -0.440. The van der Waals surface area contributed by atoms with Gasteiger partial charge in [0.15, 0.2) is 0 Å². The Bertz CT molecular complexity index is 109. The zero-order valence-electron chi connectivity index (χ0n) is 5.43. The molecule has 11 heavy (non-hydrogen) atoms. The van der Waals surface area contributed by atoms with E-state index in [0.29, 0.717) is 0 Å². The molecule has 0 bridgehead atoms. The maximum atomic E-state index is 9.45. The smallest absolute Gasteiger partial charge is 0.332 e. The molecule has 0 fully saturated rings. The van der Waals surface area contributed by atoms with Crippen LogP contribution < -0.4 is 14.0 Å².